The van der Waals surface area contributed by atoms with Gasteiger partial charge in [-0.1, -0.05) is 6.07 Å². The number of piperazine rings is 1. The lowest BCUT2D eigenvalue weighted by atomic mass is 10.1. The minimum absolute atomic E-state index is 0.379. The lowest BCUT2D eigenvalue weighted by molar-refractivity contribution is -0.116. The first kappa shape index (κ1) is 23.1. The van der Waals surface area contributed by atoms with E-state index in [0.29, 0.717) is 11.4 Å². The van der Waals surface area contributed by atoms with Crippen LogP contribution in [-0.2, 0) is 14.8 Å². The number of aryl methyl sites for hydroxylation is 2. The second-order valence-electron chi connectivity index (χ2n) is 8.33. The molecule has 0 radical (unpaired) electrons. The second-order valence-corrected chi connectivity index (χ2v) is 10.2. The highest BCUT2D eigenvalue weighted by molar-refractivity contribution is 7.92. The van der Waals surface area contributed by atoms with Gasteiger partial charge in [-0.3, -0.25) is 9.10 Å². The number of sulfonamides is 1. The van der Waals surface area contributed by atoms with Gasteiger partial charge in [-0.2, -0.15) is 0 Å². The van der Waals surface area contributed by atoms with Crippen LogP contribution in [0.2, 0.25) is 0 Å². The molecule has 0 saturated carbocycles. The van der Waals surface area contributed by atoms with Crippen LogP contribution in [0.3, 0.4) is 0 Å². The highest BCUT2D eigenvalue weighted by Crippen LogP contribution is 2.25. The third-order valence-corrected chi connectivity index (χ3v) is 7.08. The maximum atomic E-state index is 12.9. The lowest BCUT2D eigenvalue weighted by Gasteiger charge is -2.34. The SMILES string of the molecule is Cc1ccc(N([C@@H](C)C(=O)Nc2ccc(N3CCN(C)CC3)cc2)S(C)(=O)=O)cc1C. The van der Waals surface area contributed by atoms with Crippen molar-refractivity contribution in [2.24, 2.45) is 0 Å². The van der Waals surface area contributed by atoms with Crippen molar-refractivity contribution >= 4 is 33.0 Å². The quantitative estimate of drug-likeness (QED) is 0.742. The summed E-state index contributed by atoms with van der Waals surface area (Å²) in [6, 6.07) is 12.2. The van der Waals surface area contributed by atoms with Crippen LogP contribution in [0.15, 0.2) is 42.5 Å². The molecule has 0 spiro atoms. The van der Waals surface area contributed by atoms with E-state index in [2.05, 4.69) is 22.2 Å². The Kier molecular flexibility index (Phi) is 6.91. The highest BCUT2D eigenvalue weighted by Gasteiger charge is 2.29. The summed E-state index contributed by atoms with van der Waals surface area (Å²) in [5.74, 6) is -0.379. The van der Waals surface area contributed by atoms with Crippen molar-refractivity contribution in [1.82, 2.24) is 4.90 Å². The number of likely N-dealkylation sites (N-methyl/N-ethyl adjacent to an activating group) is 1. The number of nitrogens with one attached hydrogen (secondary N) is 1. The van der Waals surface area contributed by atoms with Crippen molar-refractivity contribution in [2.75, 3.05) is 54.0 Å². The lowest BCUT2D eigenvalue weighted by Crippen LogP contribution is -2.45. The van der Waals surface area contributed by atoms with E-state index in [9.17, 15) is 13.2 Å². The zero-order valence-corrected chi connectivity index (χ0v) is 19.7. The Bertz CT molecular complexity index is 1030. The van der Waals surface area contributed by atoms with Crippen LogP contribution < -0.4 is 14.5 Å². The number of carbonyl (C=O) groups excluding carboxylic acids is 1. The molecule has 2 aromatic rings. The van der Waals surface area contributed by atoms with Gasteiger partial charge in [0.2, 0.25) is 15.9 Å². The summed E-state index contributed by atoms with van der Waals surface area (Å²) in [4.78, 5) is 17.5. The Balaban J connectivity index is 1.74. The van der Waals surface area contributed by atoms with Gasteiger partial charge >= 0.3 is 0 Å². The topological polar surface area (TPSA) is 73.0 Å². The average Bonchev–Trinajstić information content (AvgIpc) is 2.71. The van der Waals surface area contributed by atoms with Crippen molar-refractivity contribution in [2.45, 2.75) is 26.8 Å². The van der Waals surface area contributed by atoms with Crippen LogP contribution in [-0.4, -0.2) is 64.7 Å². The van der Waals surface area contributed by atoms with E-state index in [0.717, 1.165) is 49.2 Å². The first-order valence-electron chi connectivity index (χ1n) is 10.5. The molecule has 1 amide bonds. The summed E-state index contributed by atoms with van der Waals surface area (Å²) in [6.45, 7) is 9.48. The Morgan fingerprint density at radius 1 is 1.00 bits per heavy atom. The van der Waals surface area contributed by atoms with E-state index in [1.54, 1.807) is 19.1 Å². The summed E-state index contributed by atoms with van der Waals surface area (Å²) >= 11 is 0. The van der Waals surface area contributed by atoms with Crippen molar-refractivity contribution < 1.29 is 13.2 Å². The largest absolute Gasteiger partial charge is 0.369 e. The molecule has 0 unspecified atom stereocenters. The molecule has 8 heteroatoms. The van der Waals surface area contributed by atoms with Crippen molar-refractivity contribution in [3.63, 3.8) is 0 Å². The Morgan fingerprint density at radius 3 is 2.16 bits per heavy atom. The van der Waals surface area contributed by atoms with Crippen LogP contribution in [0, 0.1) is 13.8 Å². The van der Waals surface area contributed by atoms with E-state index in [1.807, 2.05) is 44.2 Å². The molecule has 168 valence electrons. The molecule has 1 fully saturated rings. The molecule has 1 saturated heterocycles. The molecule has 2 aromatic carbocycles. The molecule has 31 heavy (non-hydrogen) atoms. The zero-order chi connectivity index (χ0) is 22.8. The molecule has 7 nitrogen and oxygen atoms in total. The monoisotopic (exact) mass is 444 g/mol. The Labute approximate surface area is 185 Å². The predicted molar refractivity (Wildman–Crippen MR) is 127 cm³/mol. The molecule has 0 bridgehead atoms. The van der Waals surface area contributed by atoms with E-state index in [1.165, 1.54) is 4.31 Å². The molecule has 0 aliphatic carbocycles. The third kappa shape index (κ3) is 5.57. The molecule has 0 aromatic heterocycles. The summed E-state index contributed by atoms with van der Waals surface area (Å²) in [6.07, 6.45) is 1.12. The smallest absolute Gasteiger partial charge is 0.247 e. The number of carbonyl (C=O) groups is 1. The summed E-state index contributed by atoms with van der Waals surface area (Å²) < 4.78 is 26.2. The molecule has 1 aliphatic rings. The van der Waals surface area contributed by atoms with Crippen LogP contribution in [0.1, 0.15) is 18.1 Å². The van der Waals surface area contributed by atoms with Gasteiger partial charge in [0, 0.05) is 37.6 Å². The van der Waals surface area contributed by atoms with Crippen molar-refractivity contribution in [3.8, 4) is 0 Å². The Morgan fingerprint density at radius 2 is 1.61 bits per heavy atom. The van der Waals surface area contributed by atoms with E-state index in [4.69, 9.17) is 0 Å². The fourth-order valence-electron chi connectivity index (χ4n) is 3.74. The number of nitrogens with zero attached hydrogens (tertiary/aromatic N) is 3. The second kappa shape index (κ2) is 9.28. The fourth-order valence-corrected chi connectivity index (χ4v) is 4.91. The van der Waals surface area contributed by atoms with Gasteiger partial charge in [0.05, 0.1) is 11.9 Å². The Hall–Kier alpha value is -2.58. The maximum Gasteiger partial charge on any atom is 0.247 e. The number of anilines is 3. The van der Waals surface area contributed by atoms with Crippen molar-refractivity contribution in [1.29, 1.82) is 0 Å². The number of hydrogen-bond donors (Lipinski definition) is 1. The van der Waals surface area contributed by atoms with Crippen LogP contribution in [0.4, 0.5) is 17.1 Å². The van der Waals surface area contributed by atoms with Gasteiger partial charge < -0.3 is 15.1 Å². The van der Waals surface area contributed by atoms with Gasteiger partial charge in [0.15, 0.2) is 0 Å². The van der Waals surface area contributed by atoms with E-state index >= 15 is 0 Å². The maximum absolute atomic E-state index is 12.9. The first-order valence-corrected chi connectivity index (χ1v) is 12.3. The minimum Gasteiger partial charge on any atom is -0.369 e. The summed E-state index contributed by atoms with van der Waals surface area (Å²) in [5, 5.41) is 2.86. The summed E-state index contributed by atoms with van der Waals surface area (Å²) in [7, 11) is -1.53. The van der Waals surface area contributed by atoms with E-state index < -0.39 is 16.1 Å². The molecule has 1 heterocycles. The normalized spacial score (nSPS) is 16.1. The molecule has 1 aliphatic heterocycles. The van der Waals surface area contributed by atoms with Gasteiger partial charge in [-0.05, 0) is 75.3 Å². The van der Waals surface area contributed by atoms with Crippen LogP contribution >= 0.6 is 0 Å². The average molecular weight is 445 g/mol. The third-order valence-electron chi connectivity index (χ3n) is 5.84. The highest BCUT2D eigenvalue weighted by atomic mass is 32.2. The van der Waals surface area contributed by atoms with Crippen LogP contribution in [0.25, 0.3) is 0 Å². The fraction of sp³-hybridized carbons (Fsp3) is 0.435. The number of amides is 1. The predicted octanol–water partition coefficient (Wildman–Crippen LogP) is 2.85. The number of hydrogen-bond acceptors (Lipinski definition) is 5. The van der Waals surface area contributed by atoms with E-state index in [-0.39, 0.29) is 5.91 Å². The van der Waals surface area contributed by atoms with Crippen LogP contribution in [0.5, 0.6) is 0 Å². The zero-order valence-electron chi connectivity index (χ0n) is 18.9. The van der Waals surface area contributed by atoms with Gasteiger partial charge in [0.25, 0.3) is 0 Å². The summed E-state index contributed by atoms with van der Waals surface area (Å²) in [5.41, 5.74) is 4.28. The molecule has 1 N–H and O–H groups in total. The standard InChI is InChI=1S/C23H32N4O3S/c1-17-6-9-22(16-18(17)2)27(31(5,29)30)19(3)23(28)24-20-7-10-21(11-8-20)26-14-12-25(4)13-15-26/h6-11,16,19H,12-15H2,1-5H3,(H,24,28)/t19-/m0/s1. The molecule has 1 atom stereocenters. The van der Waals surface area contributed by atoms with Gasteiger partial charge in [-0.15, -0.1) is 0 Å². The first-order chi connectivity index (χ1) is 14.6. The molecule has 3 rings (SSSR count). The minimum atomic E-state index is -3.65. The van der Waals surface area contributed by atoms with Crippen molar-refractivity contribution in [3.05, 3.63) is 53.6 Å². The molecular formula is C23H32N4O3S. The molecular weight excluding hydrogens is 412 g/mol. The number of benzene rings is 2. The van der Waals surface area contributed by atoms with Gasteiger partial charge in [0.1, 0.15) is 6.04 Å². The van der Waals surface area contributed by atoms with Gasteiger partial charge in [-0.25, -0.2) is 8.42 Å². The number of rotatable bonds is 6.